The van der Waals surface area contributed by atoms with E-state index < -0.39 is 60.2 Å². The molecule has 6 atom stereocenters. The van der Waals surface area contributed by atoms with Crippen molar-refractivity contribution in [3.05, 3.63) is 29.3 Å². The van der Waals surface area contributed by atoms with Crippen molar-refractivity contribution in [1.29, 1.82) is 5.26 Å². The molecule has 212 valence electrons. The Morgan fingerprint density at radius 2 is 2.05 bits per heavy atom. The van der Waals surface area contributed by atoms with Crippen LogP contribution >= 0.6 is 11.6 Å². The van der Waals surface area contributed by atoms with Gasteiger partial charge in [-0.2, -0.15) is 5.26 Å². The van der Waals surface area contributed by atoms with Crippen LogP contribution in [0.3, 0.4) is 0 Å². The molecule has 2 bridgehead atoms. The minimum absolute atomic E-state index is 0.0888. The number of nitrogens with one attached hydrogen (secondary N) is 3. The first-order valence-corrected chi connectivity index (χ1v) is 14.1. The van der Waals surface area contributed by atoms with Gasteiger partial charge in [0, 0.05) is 35.6 Å². The zero-order valence-corrected chi connectivity index (χ0v) is 23.0. The molecule has 0 aromatic heterocycles. The van der Waals surface area contributed by atoms with E-state index in [4.69, 9.17) is 11.6 Å². The number of benzene rings is 1. The van der Waals surface area contributed by atoms with Gasteiger partial charge < -0.3 is 20.9 Å². The number of halogens is 3. The SMILES string of the molecule is CC(C)C[C@H](Nc1cccc(Cl)c1)C(=O)N1[C@H]2CC[C@@H]([C@@H]1C(=O)N[C@@H](C#N)C[C@H]1CCCNC1=O)C(F)(F)C2. The summed E-state index contributed by atoms with van der Waals surface area (Å²) < 4.78 is 30.3. The van der Waals surface area contributed by atoms with Crippen LogP contribution in [0.2, 0.25) is 5.02 Å². The van der Waals surface area contributed by atoms with Gasteiger partial charge in [-0.05, 0) is 62.6 Å². The lowest BCUT2D eigenvalue weighted by Gasteiger charge is -2.54. The van der Waals surface area contributed by atoms with Gasteiger partial charge in [0.05, 0.1) is 12.0 Å². The Hall–Kier alpha value is -2.93. The third-order valence-corrected chi connectivity index (χ3v) is 8.26. The van der Waals surface area contributed by atoms with E-state index in [1.54, 1.807) is 24.3 Å². The number of hydrogen-bond donors (Lipinski definition) is 3. The van der Waals surface area contributed by atoms with Crippen LogP contribution in [0.5, 0.6) is 0 Å². The lowest BCUT2D eigenvalue weighted by Crippen LogP contribution is -2.70. The molecule has 8 nitrogen and oxygen atoms in total. The molecule has 11 heteroatoms. The van der Waals surface area contributed by atoms with E-state index in [0.717, 1.165) is 6.42 Å². The van der Waals surface area contributed by atoms with Crippen molar-refractivity contribution in [2.75, 3.05) is 11.9 Å². The van der Waals surface area contributed by atoms with Crippen LogP contribution in [0.15, 0.2) is 24.3 Å². The summed E-state index contributed by atoms with van der Waals surface area (Å²) >= 11 is 6.13. The highest BCUT2D eigenvalue weighted by Crippen LogP contribution is 2.49. The van der Waals surface area contributed by atoms with Gasteiger partial charge in [-0.15, -0.1) is 0 Å². The summed E-state index contributed by atoms with van der Waals surface area (Å²) in [5.74, 6) is -6.18. The summed E-state index contributed by atoms with van der Waals surface area (Å²) in [6.45, 7) is 4.48. The van der Waals surface area contributed by atoms with Crippen LogP contribution < -0.4 is 16.0 Å². The van der Waals surface area contributed by atoms with Crippen molar-refractivity contribution < 1.29 is 23.2 Å². The molecule has 4 fully saturated rings. The van der Waals surface area contributed by atoms with Gasteiger partial charge in [0.1, 0.15) is 18.1 Å². The zero-order valence-electron chi connectivity index (χ0n) is 22.3. The Morgan fingerprint density at radius 3 is 2.69 bits per heavy atom. The third kappa shape index (κ3) is 6.63. The normalized spacial score (nSPS) is 27.3. The van der Waals surface area contributed by atoms with Crippen molar-refractivity contribution in [2.45, 2.75) is 88.9 Å². The Bertz CT molecular complexity index is 1130. The van der Waals surface area contributed by atoms with Gasteiger partial charge >= 0.3 is 0 Å². The number of carbonyl (C=O) groups is 3. The van der Waals surface area contributed by atoms with Gasteiger partial charge in [-0.3, -0.25) is 14.4 Å². The van der Waals surface area contributed by atoms with Gasteiger partial charge in [-0.1, -0.05) is 31.5 Å². The molecule has 0 unspecified atom stereocenters. The van der Waals surface area contributed by atoms with E-state index >= 15 is 8.78 Å². The summed E-state index contributed by atoms with van der Waals surface area (Å²) in [7, 11) is 0. The van der Waals surface area contributed by atoms with Crippen molar-refractivity contribution in [2.24, 2.45) is 17.8 Å². The molecule has 0 radical (unpaired) electrons. The Balaban J connectivity index is 1.58. The van der Waals surface area contributed by atoms with Crippen molar-refractivity contribution in [1.82, 2.24) is 15.5 Å². The summed E-state index contributed by atoms with van der Waals surface area (Å²) in [6, 6.07) is 4.91. The molecule has 3 N–H and O–H groups in total. The van der Waals surface area contributed by atoms with Crippen LogP contribution in [0.4, 0.5) is 14.5 Å². The highest BCUT2D eigenvalue weighted by atomic mass is 35.5. The molecule has 39 heavy (non-hydrogen) atoms. The fraction of sp³-hybridized carbons (Fsp3) is 0.643. The molecular formula is C28H36ClF2N5O3. The topological polar surface area (TPSA) is 114 Å². The first-order valence-electron chi connectivity index (χ1n) is 13.7. The third-order valence-electron chi connectivity index (χ3n) is 8.02. The average Bonchev–Trinajstić information content (AvgIpc) is 2.87. The standard InChI is InChI=1S/C28H36ClF2N5O3/c1-16(2)11-23(34-19-7-3-6-18(29)13-19)27(39)36-21-8-9-22(28(30,31)14-21)24(36)26(38)35-20(15-32)12-17-5-4-10-33-25(17)37/h3,6-7,13,16-17,20-24,34H,4-5,8-12,14H2,1-2H3,(H,33,37)(H,35,38)/t17-,20-,21+,22+,23+,24-/m1/s1. The highest BCUT2D eigenvalue weighted by molar-refractivity contribution is 6.30. The minimum atomic E-state index is -3.11. The molecule has 3 saturated heterocycles. The van der Waals surface area contributed by atoms with Crippen LogP contribution in [0, 0.1) is 29.1 Å². The maximum atomic E-state index is 15.1. The number of anilines is 1. The second-order valence-corrected chi connectivity index (χ2v) is 11.8. The molecule has 3 aliphatic heterocycles. The highest BCUT2D eigenvalue weighted by Gasteiger charge is 2.61. The number of nitrogens with zero attached hydrogens (tertiary/aromatic N) is 2. The Morgan fingerprint density at radius 1 is 1.28 bits per heavy atom. The number of amides is 3. The van der Waals surface area contributed by atoms with E-state index in [9.17, 15) is 19.6 Å². The number of rotatable bonds is 9. The zero-order chi connectivity index (χ0) is 28.3. The molecule has 5 rings (SSSR count). The van der Waals surface area contributed by atoms with Crippen molar-refractivity contribution in [3.8, 4) is 6.07 Å². The number of hydrogen-bond acceptors (Lipinski definition) is 5. The maximum absolute atomic E-state index is 15.1. The lowest BCUT2D eigenvalue weighted by atomic mass is 9.71. The number of fused-ring (bicyclic) bond motifs is 3. The van der Waals surface area contributed by atoms with Gasteiger partial charge in [0.25, 0.3) is 5.92 Å². The van der Waals surface area contributed by atoms with Gasteiger partial charge in [-0.25, -0.2) is 8.78 Å². The predicted octanol–water partition coefficient (Wildman–Crippen LogP) is 4.11. The number of alkyl halides is 2. The monoisotopic (exact) mass is 563 g/mol. The molecule has 0 spiro atoms. The molecular weight excluding hydrogens is 528 g/mol. The van der Waals surface area contributed by atoms with Crippen LogP contribution in [-0.4, -0.2) is 59.3 Å². The smallest absolute Gasteiger partial charge is 0.255 e. The van der Waals surface area contributed by atoms with E-state index in [1.807, 2.05) is 19.9 Å². The molecule has 3 heterocycles. The summed E-state index contributed by atoms with van der Waals surface area (Å²) in [6.07, 6.45) is 1.85. The number of piperidine rings is 3. The molecule has 3 amide bonds. The molecule has 1 saturated carbocycles. The van der Waals surface area contributed by atoms with Crippen LogP contribution in [0.25, 0.3) is 0 Å². The van der Waals surface area contributed by atoms with E-state index in [2.05, 4.69) is 16.0 Å². The molecule has 1 aliphatic carbocycles. The minimum Gasteiger partial charge on any atom is -0.374 e. The van der Waals surface area contributed by atoms with Crippen LogP contribution in [-0.2, 0) is 14.4 Å². The Kier molecular flexibility index (Phi) is 9.00. The molecule has 4 aliphatic rings. The quantitative estimate of drug-likeness (QED) is 0.418. The van der Waals surface area contributed by atoms with Gasteiger partial charge in [0.2, 0.25) is 17.7 Å². The summed E-state index contributed by atoms with van der Waals surface area (Å²) in [5.41, 5.74) is 0.616. The second-order valence-electron chi connectivity index (χ2n) is 11.4. The lowest BCUT2D eigenvalue weighted by molar-refractivity contribution is -0.194. The summed E-state index contributed by atoms with van der Waals surface area (Å²) in [5, 5.41) is 18.8. The predicted molar refractivity (Wildman–Crippen MR) is 143 cm³/mol. The average molecular weight is 564 g/mol. The largest absolute Gasteiger partial charge is 0.374 e. The summed E-state index contributed by atoms with van der Waals surface area (Å²) in [4.78, 5) is 41.2. The molecule has 1 aromatic rings. The van der Waals surface area contributed by atoms with E-state index in [-0.39, 0.29) is 24.7 Å². The van der Waals surface area contributed by atoms with Crippen molar-refractivity contribution in [3.63, 3.8) is 0 Å². The van der Waals surface area contributed by atoms with Crippen molar-refractivity contribution >= 4 is 35.0 Å². The number of nitriles is 1. The van der Waals surface area contributed by atoms with E-state index in [1.165, 1.54) is 4.90 Å². The van der Waals surface area contributed by atoms with E-state index in [0.29, 0.717) is 36.5 Å². The maximum Gasteiger partial charge on any atom is 0.255 e. The Labute approximate surface area is 232 Å². The van der Waals surface area contributed by atoms with Gasteiger partial charge in [0.15, 0.2) is 0 Å². The first-order chi connectivity index (χ1) is 18.5. The first kappa shape index (κ1) is 29.1. The fourth-order valence-electron chi connectivity index (χ4n) is 6.22. The molecule has 1 aromatic carbocycles. The number of carbonyl (C=O) groups excluding carboxylic acids is 3. The fourth-order valence-corrected chi connectivity index (χ4v) is 6.41. The second kappa shape index (κ2) is 12.1. The van der Waals surface area contributed by atoms with Crippen LogP contribution in [0.1, 0.15) is 58.8 Å².